The largest absolute Gasteiger partial charge is 0.497 e. The first-order valence-electron chi connectivity index (χ1n) is 6.89. The summed E-state index contributed by atoms with van der Waals surface area (Å²) in [6.45, 7) is 0.543. The van der Waals surface area contributed by atoms with E-state index in [0.717, 1.165) is 24.2 Å². The molecule has 1 unspecified atom stereocenters. The first-order valence-corrected chi connectivity index (χ1v) is 7.27. The Hall–Kier alpha value is -1.58. The first-order chi connectivity index (χ1) is 10.1. The molecule has 0 saturated heterocycles. The zero-order chi connectivity index (χ0) is 15.2. The molecule has 0 spiro atoms. The molecule has 4 heteroatoms. The van der Waals surface area contributed by atoms with Crippen molar-refractivity contribution in [2.45, 2.75) is 12.8 Å². The van der Waals surface area contributed by atoms with E-state index >= 15 is 0 Å². The topological polar surface area (TPSA) is 35.2 Å². The van der Waals surface area contributed by atoms with Gasteiger partial charge in [-0.05, 0) is 60.7 Å². The summed E-state index contributed by atoms with van der Waals surface area (Å²) >= 11 is 5.70. The van der Waals surface area contributed by atoms with E-state index in [2.05, 4.69) is 0 Å². The van der Waals surface area contributed by atoms with Crippen molar-refractivity contribution < 1.29 is 9.13 Å². The Morgan fingerprint density at radius 2 is 1.86 bits per heavy atom. The van der Waals surface area contributed by atoms with Crippen LogP contribution in [0.3, 0.4) is 0 Å². The lowest BCUT2D eigenvalue weighted by atomic mass is 9.92. The summed E-state index contributed by atoms with van der Waals surface area (Å²) in [5.74, 6) is 0.699. The summed E-state index contributed by atoms with van der Waals surface area (Å²) in [6, 6.07) is 12.8. The molecule has 2 aromatic carbocycles. The van der Waals surface area contributed by atoms with Gasteiger partial charge in [-0.1, -0.05) is 29.8 Å². The summed E-state index contributed by atoms with van der Waals surface area (Å²) in [6.07, 6.45) is 1.56. The summed E-state index contributed by atoms with van der Waals surface area (Å²) in [5, 5.41) is 0.149. The van der Waals surface area contributed by atoms with Crippen LogP contribution in [0.5, 0.6) is 5.75 Å². The van der Waals surface area contributed by atoms with E-state index in [0.29, 0.717) is 6.54 Å². The maximum Gasteiger partial charge on any atom is 0.142 e. The highest BCUT2D eigenvalue weighted by atomic mass is 35.5. The van der Waals surface area contributed by atoms with E-state index < -0.39 is 0 Å². The van der Waals surface area contributed by atoms with Gasteiger partial charge in [0.15, 0.2) is 0 Å². The molecule has 0 radical (unpaired) electrons. The number of hydrogen-bond donors (Lipinski definition) is 1. The van der Waals surface area contributed by atoms with Crippen LogP contribution < -0.4 is 10.5 Å². The van der Waals surface area contributed by atoms with Gasteiger partial charge in [-0.3, -0.25) is 0 Å². The van der Waals surface area contributed by atoms with E-state index in [-0.39, 0.29) is 16.8 Å². The number of rotatable bonds is 6. The van der Waals surface area contributed by atoms with Gasteiger partial charge in [0.25, 0.3) is 0 Å². The van der Waals surface area contributed by atoms with Crippen LogP contribution in [0.1, 0.15) is 11.1 Å². The van der Waals surface area contributed by atoms with Gasteiger partial charge in [-0.15, -0.1) is 0 Å². The molecule has 21 heavy (non-hydrogen) atoms. The van der Waals surface area contributed by atoms with Crippen molar-refractivity contribution in [1.82, 2.24) is 0 Å². The summed E-state index contributed by atoms with van der Waals surface area (Å²) in [4.78, 5) is 0. The fourth-order valence-electron chi connectivity index (χ4n) is 2.37. The van der Waals surface area contributed by atoms with Crippen LogP contribution in [0, 0.1) is 11.7 Å². The Kier molecular flexibility index (Phi) is 5.59. The normalized spacial score (nSPS) is 12.2. The Balaban J connectivity index is 2.07. The molecule has 2 rings (SSSR count). The van der Waals surface area contributed by atoms with E-state index in [1.165, 1.54) is 11.6 Å². The van der Waals surface area contributed by atoms with Crippen LogP contribution in [-0.2, 0) is 12.8 Å². The molecule has 0 aromatic heterocycles. The molecular weight excluding hydrogens is 289 g/mol. The van der Waals surface area contributed by atoms with Crippen LogP contribution in [-0.4, -0.2) is 13.7 Å². The lowest BCUT2D eigenvalue weighted by Gasteiger charge is -2.15. The second kappa shape index (κ2) is 7.43. The molecular formula is C17H19ClFNO. The van der Waals surface area contributed by atoms with Crippen molar-refractivity contribution in [1.29, 1.82) is 0 Å². The minimum absolute atomic E-state index is 0.149. The van der Waals surface area contributed by atoms with Crippen LogP contribution in [0.4, 0.5) is 4.39 Å². The van der Waals surface area contributed by atoms with Gasteiger partial charge in [0.2, 0.25) is 0 Å². The molecule has 2 N–H and O–H groups in total. The Morgan fingerprint density at radius 1 is 1.14 bits per heavy atom. The molecule has 2 aromatic rings. The molecule has 0 bridgehead atoms. The highest BCUT2D eigenvalue weighted by molar-refractivity contribution is 6.30. The maximum absolute atomic E-state index is 13.5. The minimum atomic E-state index is -0.383. The molecule has 0 aliphatic rings. The number of halogens is 2. The second-order valence-electron chi connectivity index (χ2n) is 5.11. The molecule has 0 amide bonds. The average molecular weight is 308 g/mol. The number of hydrogen-bond acceptors (Lipinski definition) is 2. The van der Waals surface area contributed by atoms with Crippen molar-refractivity contribution in [3.8, 4) is 5.75 Å². The molecule has 0 fully saturated rings. The predicted octanol–water partition coefficient (Wildman–Crippen LogP) is 3.85. The summed E-state index contributed by atoms with van der Waals surface area (Å²) in [7, 11) is 1.65. The average Bonchev–Trinajstić information content (AvgIpc) is 2.50. The lowest BCUT2D eigenvalue weighted by molar-refractivity contribution is 0.413. The fraction of sp³-hybridized carbons (Fsp3) is 0.294. The fourth-order valence-corrected chi connectivity index (χ4v) is 2.49. The standard InChI is InChI=1S/C17H19ClFNO/c1-21-15-4-2-3-12(9-15)7-14(11-20)8-13-5-6-16(18)17(19)10-13/h2-6,9-10,14H,7-8,11,20H2,1H3. The third kappa shape index (κ3) is 4.45. The van der Waals surface area contributed by atoms with E-state index in [4.69, 9.17) is 22.1 Å². The molecule has 112 valence electrons. The summed E-state index contributed by atoms with van der Waals surface area (Å²) < 4.78 is 18.7. The Bertz CT molecular complexity index is 603. The van der Waals surface area contributed by atoms with Gasteiger partial charge < -0.3 is 10.5 Å². The van der Waals surface area contributed by atoms with Crippen LogP contribution >= 0.6 is 11.6 Å². The van der Waals surface area contributed by atoms with Gasteiger partial charge in [-0.25, -0.2) is 4.39 Å². The number of nitrogens with two attached hydrogens (primary N) is 1. The molecule has 0 saturated carbocycles. The SMILES string of the molecule is COc1cccc(CC(CN)Cc2ccc(Cl)c(F)c2)c1. The van der Waals surface area contributed by atoms with E-state index in [1.54, 1.807) is 13.2 Å². The third-order valence-electron chi connectivity index (χ3n) is 3.50. The van der Waals surface area contributed by atoms with Gasteiger partial charge >= 0.3 is 0 Å². The Labute approximate surface area is 129 Å². The summed E-state index contributed by atoms with van der Waals surface area (Å²) in [5.41, 5.74) is 7.93. The monoisotopic (exact) mass is 307 g/mol. The Morgan fingerprint density at radius 3 is 2.48 bits per heavy atom. The van der Waals surface area contributed by atoms with Crippen LogP contribution in [0.2, 0.25) is 5.02 Å². The highest BCUT2D eigenvalue weighted by Gasteiger charge is 2.11. The van der Waals surface area contributed by atoms with Crippen molar-refractivity contribution in [2.75, 3.05) is 13.7 Å². The second-order valence-corrected chi connectivity index (χ2v) is 5.52. The van der Waals surface area contributed by atoms with Crippen molar-refractivity contribution in [3.63, 3.8) is 0 Å². The quantitative estimate of drug-likeness (QED) is 0.880. The van der Waals surface area contributed by atoms with E-state index in [9.17, 15) is 4.39 Å². The van der Waals surface area contributed by atoms with Crippen LogP contribution in [0.15, 0.2) is 42.5 Å². The zero-order valence-corrected chi connectivity index (χ0v) is 12.7. The third-order valence-corrected chi connectivity index (χ3v) is 3.81. The van der Waals surface area contributed by atoms with Crippen molar-refractivity contribution >= 4 is 11.6 Å². The molecule has 1 atom stereocenters. The van der Waals surface area contributed by atoms with Crippen molar-refractivity contribution in [2.24, 2.45) is 11.7 Å². The highest BCUT2D eigenvalue weighted by Crippen LogP contribution is 2.21. The molecule has 0 aliphatic carbocycles. The van der Waals surface area contributed by atoms with Gasteiger partial charge in [-0.2, -0.15) is 0 Å². The molecule has 0 aliphatic heterocycles. The predicted molar refractivity (Wildman–Crippen MR) is 84.4 cm³/mol. The minimum Gasteiger partial charge on any atom is -0.497 e. The first kappa shape index (κ1) is 15.8. The van der Waals surface area contributed by atoms with Crippen LogP contribution in [0.25, 0.3) is 0 Å². The smallest absolute Gasteiger partial charge is 0.142 e. The lowest BCUT2D eigenvalue weighted by Crippen LogP contribution is -2.19. The van der Waals surface area contributed by atoms with Gasteiger partial charge in [0, 0.05) is 0 Å². The molecule has 2 nitrogen and oxygen atoms in total. The van der Waals surface area contributed by atoms with E-state index in [1.807, 2.05) is 30.3 Å². The van der Waals surface area contributed by atoms with Gasteiger partial charge in [0.1, 0.15) is 11.6 Å². The zero-order valence-electron chi connectivity index (χ0n) is 12.0. The maximum atomic E-state index is 13.5. The number of benzene rings is 2. The number of ether oxygens (including phenoxy) is 1. The molecule has 0 heterocycles. The number of methoxy groups -OCH3 is 1. The van der Waals surface area contributed by atoms with Gasteiger partial charge in [0.05, 0.1) is 12.1 Å². The van der Waals surface area contributed by atoms with Crippen molar-refractivity contribution in [3.05, 3.63) is 64.4 Å².